The van der Waals surface area contributed by atoms with Crippen LogP contribution in [0.3, 0.4) is 0 Å². The highest BCUT2D eigenvalue weighted by Crippen LogP contribution is 2.25. The Hall–Kier alpha value is -3.22. The van der Waals surface area contributed by atoms with E-state index in [1.54, 1.807) is 12.1 Å². The molecular formula is C27H28N2O3S. The van der Waals surface area contributed by atoms with Gasteiger partial charge in [-0.05, 0) is 59.2 Å². The summed E-state index contributed by atoms with van der Waals surface area (Å²) in [6, 6.07) is 26.3. The van der Waals surface area contributed by atoms with Gasteiger partial charge in [-0.25, -0.2) is 8.42 Å². The molecule has 1 amide bonds. The number of carbonyl (C=O) groups is 1. The van der Waals surface area contributed by atoms with Crippen molar-refractivity contribution >= 4 is 43.2 Å². The van der Waals surface area contributed by atoms with Gasteiger partial charge in [-0.2, -0.15) is 4.31 Å². The highest BCUT2D eigenvalue weighted by Gasteiger charge is 2.29. The minimum Gasteiger partial charge on any atom is -0.326 e. The van der Waals surface area contributed by atoms with Crippen molar-refractivity contribution in [3.63, 3.8) is 0 Å². The zero-order chi connectivity index (χ0) is 23.4. The fourth-order valence-corrected chi connectivity index (χ4v) is 5.69. The van der Waals surface area contributed by atoms with Gasteiger partial charge in [0.15, 0.2) is 0 Å². The minimum absolute atomic E-state index is 0.0734. The van der Waals surface area contributed by atoms with Crippen molar-refractivity contribution in [2.45, 2.75) is 37.6 Å². The molecule has 0 saturated heterocycles. The Labute approximate surface area is 195 Å². The van der Waals surface area contributed by atoms with Gasteiger partial charge >= 0.3 is 0 Å². The molecule has 0 aliphatic rings. The van der Waals surface area contributed by atoms with Crippen LogP contribution in [0, 0.1) is 0 Å². The Kier molecular flexibility index (Phi) is 6.77. The van der Waals surface area contributed by atoms with Crippen LogP contribution in [0.5, 0.6) is 0 Å². The van der Waals surface area contributed by atoms with E-state index in [2.05, 4.69) is 5.32 Å². The topological polar surface area (TPSA) is 66.5 Å². The van der Waals surface area contributed by atoms with E-state index in [9.17, 15) is 13.2 Å². The molecule has 1 N–H and O–H groups in total. The van der Waals surface area contributed by atoms with Crippen LogP contribution in [0.25, 0.3) is 21.5 Å². The monoisotopic (exact) mass is 460 g/mol. The molecule has 0 heterocycles. The summed E-state index contributed by atoms with van der Waals surface area (Å²) < 4.78 is 28.4. The SMILES string of the molecule is CCC(C)N(CCC(=O)Nc1ccc2ccccc2c1)S(=O)(=O)c1ccc2ccccc2c1. The van der Waals surface area contributed by atoms with Crippen molar-refractivity contribution in [3.8, 4) is 0 Å². The van der Waals surface area contributed by atoms with Gasteiger partial charge in [-0.1, -0.05) is 67.6 Å². The standard InChI is InChI=1S/C27H28N2O3S/c1-3-20(2)29(33(31,32)26-15-13-22-9-5-7-11-24(22)19-26)17-16-27(30)28-25-14-12-21-8-4-6-10-23(21)18-25/h4-15,18-20H,3,16-17H2,1-2H3,(H,28,30). The van der Waals surface area contributed by atoms with Crippen LogP contribution < -0.4 is 5.32 Å². The van der Waals surface area contributed by atoms with Gasteiger partial charge in [0.2, 0.25) is 15.9 Å². The molecule has 4 aromatic carbocycles. The van der Waals surface area contributed by atoms with Gasteiger partial charge in [-0.3, -0.25) is 4.79 Å². The number of fused-ring (bicyclic) bond motifs is 2. The summed E-state index contributed by atoms with van der Waals surface area (Å²) in [6.45, 7) is 3.94. The molecule has 6 heteroatoms. The number of amides is 1. The Morgan fingerprint density at radius 3 is 2.06 bits per heavy atom. The summed E-state index contributed by atoms with van der Waals surface area (Å²) in [6.07, 6.45) is 0.725. The van der Waals surface area contributed by atoms with E-state index in [1.165, 1.54) is 4.31 Å². The molecule has 5 nitrogen and oxygen atoms in total. The molecule has 33 heavy (non-hydrogen) atoms. The second kappa shape index (κ2) is 9.73. The number of nitrogens with zero attached hydrogens (tertiary/aromatic N) is 1. The maximum Gasteiger partial charge on any atom is 0.243 e. The van der Waals surface area contributed by atoms with Gasteiger partial charge < -0.3 is 5.32 Å². The van der Waals surface area contributed by atoms with Crippen LogP contribution in [-0.4, -0.2) is 31.2 Å². The third kappa shape index (κ3) is 5.07. The number of sulfonamides is 1. The lowest BCUT2D eigenvalue weighted by molar-refractivity contribution is -0.116. The summed E-state index contributed by atoms with van der Waals surface area (Å²) >= 11 is 0. The fourth-order valence-electron chi connectivity index (χ4n) is 3.95. The lowest BCUT2D eigenvalue weighted by Crippen LogP contribution is -2.40. The average molecular weight is 461 g/mol. The first-order valence-corrected chi connectivity index (χ1v) is 12.6. The zero-order valence-electron chi connectivity index (χ0n) is 18.9. The van der Waals surface area contributed by atoms with Gasteiger partial charge in [-0.15, -0.1) is 0 Å². The summed E-state index contributed by atoms with van der Waals surface area (Å²) in [5.41, 5.74) is 0.700. The molecule has 0 aromatic heterocycles. The molecule has 1 atom stereocenters. The van der Waals surface area contributed by atoms with Crippen molar-refractivity contribution < 1.29 is 13.2 Å². The molecule has 0 saturated carbocycles. The number of carbonyl (C=O) groups excluding carboxylic acids is 1. The van der Waals surface area contributed by atoms with Crippen LogP contribution in [0.15, 0.2) is 89.8 Å². The van der Waals surface area contributed by atoms with Crippen LogP contribution in [-0.2, 0) is 14.8 Å². The molecule has 0 aliphatic carbocycles. The highest BCUT2D eigenvalue weighted by atomic mass is 32.2. The summed E-state index contributed by atoms with van der Waals surface area (Å²) in [5, 5.41) is 6.90. The maximum absolute atomic E-state index is 13.5. The Balaban J connectivity index is 1.51. The number of rotatable bonds is 8. The quantitative estimate of drug-likeness (QED) is 0.361. The van der Waals surface area contributed by atoms with Crippen molar-refractivity contribution in [2.75, 3.05) is 11.9 Å². The summed E-state index contributed by atoms with van der Waals surface area (Å²) in [7, 11) is -3.75. The molecule has 0 bridgehead atoms. The predicted molar refractivity (Wildman–Crippen MR) is 135 cm³/mol. The van der Waals surface area contributed by atoms with Gasteiger partial charge in [0.25, 0.3) is 0 Å². The van der Waals surface area contributed by atoms with E-state index in [0.29, 0.717) is 12.1 Å². The number of hydrogen-bond donors (Lipinski definition) is 1. The first kappa shape index (κ1) is 23.0. The molecular weight excluding hydrogens is 432 g/mol. The van der Waals surface area contributed by atoms with E-state index in [1.807, 2.05) is 86.6 Å². The van der Waals surface area contributed by atoms with E-state index in [4.69, 9.17) is 0 Å². The smallest absolute Gasteiger partial charge is 0.243 e. The highest BCUT2D eigenvalue weighted by molar-refractivity contribution is 7.89. The number of nitrogens with one attached hydrogen (secondary N) is 1. The van der Waals surface area contributed by atoms with Crippen molar-refractivity contribution in [2.24, 2.45) is 0 Å². The lowest BCUT2D eigenvalue weighted by Gasteiger charge is -2.27. The third-order valence-electron chi connectivity index (χ3n) is 6.00. The Bertz CT molecular complexity index is 1400. The predicted octanol–water partition coefficient (Wildman–Crippen LogP) is 5.81. The van der Waals surface area contributed by atoms with Crippen LogP contribution in [0.4, 0.5) is 5.69 Å². The Morgan fingerprint density at radius 2 is 1.42 bits per heavy atom. The van der Waals surface area contributed by atoms with Crippen molar-refractivity contribution in [1.29, 1.82) is 0 Å². The van der Waals surface area contributed by atoms with Crippen LogP contribution >= 0.6 is 0 Å². The third-order valence-corrected chi connectivity index (χ3v) is 8.01. The van der Waals surface area contributed by atoms with Gasteiger partial charge in [0.1, 0.15) is 0 Å². The second-order valence-electron chi connectivity index (χ2n) is 8.24. The average Bonchev–Trinajstić information content (AvgIpc) is 2.83. The molecule has 0 fully saturated rings. The number of benzene rings is 4. The zero-order valence-corrected chi connectivity index (χ0v) is 19.7. The first-order chi connectivity index (χ1) is 15.9. The summed E-state index contributed by atoms with van der Waals surface area (Å²) in [4.78, 5) is 12.9. The second-order valence-corrected chi connectivity index (χ2v) is 10.1. The molecule has 0 radical (unpaired) electrons. The molecule has 1 unspecified atom stereocenters. The molecule has 0 aliphatic heterocycles. The maximum atomic E-state index is 13.5. The molecule has 170 valence electrons. The van der Waals surface area contributed by atoms with Crippen molar-refractivity contribution in [1.82, 2.24) is 4.31 Å². The van der Waals surface area contributed by atoms with Crippen LogP contribution in [0.1, 0.15) is 26.7 Å². The van der Waals surface area contributed by atoms with Gasteiger partial charge in [0.05, 0.1) is 4.90 Å². The normalized spacial score (nSPS) is 12.8. The Morgan fingerprint density at radius 1 is 0.848 bits per heavy atom. The molecule has 4 aromatic rings. The largest absolute Gasteiger partial charge is 0.326 e. The van der Waals surface area contributed by atoms with Gasteiger partial charge in [0, 0.05) is 24.7 Å². The van der Waals surface area contributed by atoms with E-state index < -0.39 is 10.0 Å². The summed E-state index contributed by atoms with van der Waals surface area (Å²) in [5.74, 6) is -0.215. The van der Waals surface area contributed by atoms with E-state index >= 15 is 0 Å². The number of anilines is 1. The minimum atomic E-state index is -3.75. The van der Waals surface area contributed by atoms with E-state index in [0.717, 1.165) is 21.5 Å². The first-order valence-electron chi connectivity index (χ1n) is 11.2. The number of hydrogen-bond acceptors (Lipinski definition) is 3. The van der Waals surface area contributed by atoms with E-state index in [-0.39, 0.29) is 29.8 Å². The molecule has 0 spiro atoms. The lowest BCUT2D eigenvalue weighted by atomic mass is 10.1. The van der Waals surface area contributed by atoms with Crippen LogP contribution in [0.2, 0.25) is 0 Å². The van der Waals surface area contributed by atoms with Crippen molar-refractivity contribution in [3.05, 3.63) is 84.9 Å². The fraction of sp³-hybridized carbons (Fsp3) is 0.222. The molecule has 4 rings (SSSR count).